The number of hydrogen-bond donors (Lipinski definition) is 2. The average Bonchev–Trinajstić information content (AvgIpc) is 2.14. The van der Waals surface area contributed by atoms with Gasteiger partial charge in [-0.2, -0.15) is 0 Å². The Labute approximate surface area is 97.0 Å². The van der Waals surface area contributed by atoms with Crippen molar-refractivity contribution in [3.05, 3.63) is 0 Å². The van der Waals surface area contributed by atoms with Crippen molar-refractivity contribution >= 4 is 17.5 Å². The standard InChI is InChI=1S/C6H12N2O2.C5H10O/c1-5(9)3-6(10)8-4-7-2;1-3-4-5(2)6/h7H,3-4H2,1-2H3,(H,8,10);3-4H2,1-2H3. The number of hydrogen-bond acceptors (Lipinski definition) is 4. The van der Waals surface area contributed by atoms with Crippen molar-refractivity contribution in [3.8, 4) is 0 Å². The van der Waals surface area contributed by atoms with Crippen molar-refractivity contribution in [2.45, 2.75) is 40.0 Å². The summed E-state index contributed by atoms with van der Waals surface area (Å²) in [7, 11) is 1.72. The molecule has 0 atom stereocenters. The normalized spacial score (nSPS) is 8.75. The fourth-order valence-corrected chi connectivity index (χ4v) is 0.828. The molecule has 0 spiro atoms. The largest absolute Gasteiger partial charge is 0.343 e. The predicted octanol–water partition coefficient (Wildman–Crippen LogP) is 0.634. The maximum absolute atomic E-state index is 10.6. The molecule has 0 rings (SSSR count). The van der Waals surface area contributed by atoms with Gasteiger partial charge in [-0.3, -0.25) is 9.59 Å². The van der Waals surface area contributed by atoms with Crippen molar-refractivity contribution in [2.75, 3.05) is 13.7 Å². The molecule has 2 N–H and O–H groups in total. The van der Waals surface area contributed by atoms with Crippen LogP contribution in [0, 0.1) is 0 Å². The molecule has 0 aromatic heterocycles. The van der Waals surface area contributed by atoms with Crippen LogP contribution in [0.3, 0.4) is 0 Å². The van der Waals surface area contributed by atoms with Crippen LogP contribution < -0.4 is 10.6 Å². The first kappa shape index (κ1) is 17.2. The Bertz CT molecular complexity index is 227. The molecule has 0 aliphatic carbocycles. The van der Waals surface area contributed by atoms with Crippen LogP contribution in [0.2, 0.25) is 0 Å². The first-order chi connectivity index (χ1) is 7.43. The van der Waals surface area contributed by atoms with E-state index in [0.717, 1.165) is 12.8 Å². The Morgan fingerprint density at radius 1 is 1.06 bits per heavy atom. The summed E-state index contributed by atoms with van der Waals surface area (Å²) in [6, 6.07) is 0. The number of carbonyl (C=O) groups excluding carboxylic acids is 3. The van der Waals surface area contributed by atoms with Gasteiger partial charge in [0.15, 0.2) is 0 Å². The van der Waals surface area contributed by atoms with Crippen LogP contribution in [0.25, 0.3) is 0 Å². The Hall–Kier alpha value is -1.23. The minimum atomic E-state index is -0.234. The monoisotopic (exact) mass is 230 g/mol. The second kappa shape index (κ2) is 11.8. The lowest BCUT2D eigenvalue weighted by atomic mass is 10.3. The summed E-state index contributed by atoms with van der Waals surface area (Å²) < 4.78 is 0. The van der Waals surface area contributed by atoms with Crippen LogP contribution >= 0.6 is 0 Å². The first-order valence-electron chi connectivity index (χ1n) is 5.34. The molecule has 0 saturated heterocycles. The Balaban J connectivity index is 0. The van der Waals surface area contributed by atoms with Crippen LogP contribution in [-0.2, 0) is 14.4 Å². The molecule has 0 aromatic carbocycles. The number of nitrogens with one attached hydrogen (secondary N) is 2. The molecule has 0 aliphatic heterocycles. The molecular formula is C11H22N2O3. The Kier molecular flexibility index (Phi) is 12.7. The molecule has 0 bridgehead atoms. The van der Waals surface area contributed by atoms with E-state index in [1.165, 1.54) is 6.92 Å². The molecule has 5 nitrogen and oxygen atoms in total. The zero-order valence-corrected chi connectivity index (χ0v) is 10.6. The van der Waals surface area contributed by atoms with Crippen LogP contribution in [0.4, 0.5) is 0 Å². The number of amides is 1. The van der Waals surface area contributed by atoms with Crippen LogP contribution in [0.15, 0.2) is 0 Å². The quantitative estimate of drug-likeness (QED) is 0.518. The fraction of sp³-hybridized carbons (Fsp3) is 0.727. The number of rotatable bonds is 6. The third-order valence-electron chi connectivity index (χ3n) is 1.47. The molecule has 5 heteroatoms. The molecule has 0 saturated carbocycles. The fourth-order valence-electron chi connectivity index (χ4n) is 0.828. The highest BCUT2D eigenvalue weighted by molar-refractivity contribution is 5.96. The molecular weight excluding hydrogens is 208 g/mol. The molecule has 0 fully saturated rings. The van der Waals surface area contributed by atoms with Crippen molar-refractivity contribution in [2.24, 2.45) is 0 Å². The summed E-state index contributed by atoms with van der Waals surface area (Å²) in [5, 5.41) is 5.22. The lowest BCUT2D eigenvalue weighted by Gasteiger charge is -2.00. The zero-order chi connectivity index (χ0) is 13.0. The first-order valence-corrected chi connectivity index (χ1v) is 5.34. The van der Waals surface area contributed by atoms with E-state index in [-0.39, 0.29) is 23.9 Å². The highest BCUT2D eigenvalue weighted by atomic mass is 16.2. The summed E-state index contributed by atoms with van der Waals surface area (Å²) in [4.78, 5) is 31.0. The van der Waals surface area contributed by atoms with Gasteiger partial charge in [0.1, 0.15) is 11.6 Å². The minimum Gasteiger partial charge on any atom is -0.343 e. The third-order valence-corrected chi connectivity index (χ3v) is 1.47. The molecule has 0 radical (unpaired) electrons. The van der Waals surface area contributed by atoms with E-state index < -0.39 is 0 Å². The van der Waals surface area contributed by atoms with E-state index in [9.17, 15) is 14.4 Å². The van der Waals surface area contributed by atoms with Crippen molar-refractivity contribution < 1.29 is 14.4 Å². The van der Waals surface area contributed by atoms with Gasteiger partial charge in [-0.05, 0) is 27.3 Å². The number of carbonyl (C=O) groups is 3. The Morgan fingerprint density at radius 2 is 1.62 bits per heavy atom. The second-order valence-corrected chi connectivity index (χ2v) is 3.46. The van der Waals surface area contributed by atoms with E-state index >= 15 is 0 Å². The molecule has 16 heavy (non-hydrogen) atoms. The van der Waals surface area contributed by atoms with Crippen molar-refractivity contribution in [1.29, 1.82) is 0 Å². The predicted molar refractivity (Wildman–Crippen MR) is 63.0 cm³/mol. The maximum Gasteiger partial charge on any atom is 0.228 e. The van der Waals surface area contributed by atoms with Gasteiger partial charge in [-0.1, -0.05) is 6.92 Å². The summed E-state index contributed by atoms with van der Waals surface area (Å²) >= 11 is 0. The number of Topliss-reactive ketones (excluding diaryl/α,β-unsaturated/α-hetero) is 2. The highest BCUT2D eigenvalue weighted by Crippen LogP contribution is 1.84. The molecule has 0 heterocycles. The van der Waals surface area contributed by atoms with E-state index in [1.54, 1.807) is 14.0 Å². The molecule has 0 unspecified atom stereocenters. The lowest BCUT2D eigenvalue weighted by Crippen LogP contribution is -2.32. The second-order valence-electron chi connectivity index (χ2n) is 3.46. The Morgan fingerprint density at radius 3 is 1.88 bits per heavy atom. The van der Waals surface area contributed by atoms with Crippen LogP contribution in [0.1, 0.15) is 40.0 Å². The van der Waals surface area contributed by atoms with Crippen LogP contribution in [-0.4, -0.2) is 31.2 Å². The smallest absolute Gasteiger partial charge is 0.228 e. The summed E-state index contributed by atoms with van der Waals surface area (Å²) in [6.07, 6.45) is 1.69. The van der Waals surface area contributed by atoms with Crippen LogP contribution in [0.5, 0.6) is 0 Å². The van der Waals surface area contributed by atoms with Crippen molar-refractivity contribution in [1.82, 2.24) is 10.6 Å². The lowest BCUT2D eigenvalue weighted by molar-refractivity contribution is -0.127. The van der Waals surface area contributed by atoms with E-state index in [4.69, 9.17) is 0 Å². The van der Waals surface area contributed by atoms with Gasteiger partial charge in [0.25, 0.3) is 0 Å². The SMILES string of the molecule is CCCC(C)=O.CNCNC(=O)CC(C)=O. The zero-order valence-electron chi connectivity index (χ0n) is 10.6. The van der Waals surface area contributed by atoms with Gasteiger partial charge in [0, 0.05) is 6.42 Å². The number of ketones is 2. The molecule has 94 valence electrons. The third kappa shape index (κ3) is 18.5. The average molecular weight is 230 g/mol. The minimum absolute atomic E-state index is 0.0261. The summed E-state index contributed by atoms with van der Waals surface area (Å²) in [6.45, 7) is 5.41. The van der Waals surface area contributed by atoms with E-state index in [1.807, 2.05) is 6.92 Å². The molecule has 0 aromatic rings. The van der Waals surface area contributed by atoms with Gasteiger partial charge in [0.2, 0.25) is 5.91 Å². The van der Waals surface area contributed by atoms with E-state index in [0.29, 0.717) is 6.67 Å². The van der Waals surface area contributed by atoms with Gasteiger partial charge >= 0.3 is 0 Å². The maximum atomic E-state index is 10.6. The molecule has 1 amide bonds. The van der Waals surface area contributed by atoms with Crippen molar-refractivity contribution in [3.63, 3.8) is 0 Å². The van der Waals surface area contributed by atoms with E-state index in [2.05, 4.69) is 10.6 Å². The summed E-state index contributed by atoms with van der Waals surface area (Å²) in [5.41, 5.74) is 0. The van der Waals surface area contributed by atoms with Gasteiger partial charge in [-0.15, -0.1) is 0 Å². The summed E-state index contributed by atoms with van der Waals surface area (Å²) in [5.74, 6) is -0.0621. The van der Waals surface area contributed by atoms with Gasteiger partial charge in [0.05, 0.1) is 13.1 Å². The topological polar surface area (TPSA) is 75.3 Å². The molecule has 0 aliphatic rings. The van der Waals surface area contributed by atoms with Gasteiger partial charge < -0.3 is 15.4 Å². The van der Waals surface area contributed by atoms with Gasteiger partial charge in [-0.25, -0.2) is 0 Å². The highest BCUT2D eigenvalue weighted by Gasteiger charge is 2.01.